The Labute approximate surface area is 89.5 Å². The summed E-state index contributed by atoms with van der Waals surface area (Å²) >= 11 is 0. The molecule has 5 N–H and O–H groups in total. The van der Waals surface area contributed by atoms with Gasteiger partial charge in [0.25, 0.3) is 7.28 Å². The predicted molar refractivity (Wildman–Crippen MR) is 60.6 cm³/mol. The number of nitrogens with one attached hydrogen (secondary N) is 1. The Bertz CT molecular complexity index is 301. The molecule has 1 fully saturated rings. The minimum atomic E-state index is 0. The van der Waals surface area contributed by atoms with Crippen molar-refractivity contribution in [2.75, 3.05) is 0 Å². The van der Waals surface area contributed by atoms with Crippen LogP contribution in [0.3, 0.4) is 0 Å². The fraction of sp³-hybridized carbons (Fsp3) is 0.300. The Balaban J connectivity index is 0.000000980. The minimum Gasteiger partial charge on any atom is -0.412 e. The van der Waals surface area contributed by atoms with Crippen molar-refractivity contribution < 1.29 is 15.7 Å². The highest BCUT2D eigenvalue weighted by Crippen LogP contribution is 2.18. The van der Waals surface area contributed by atoms with Crippen LogP contribution in [0, 0.1) is 0 Å². The van der Waals surface area contributed by atoms with Gasteiger partial charge < -0.3 is 16.3 Å². The third kappa shape index (κ3) is 4.62. The van der Waals surface area contributed by atoms with E-state index in [4.69, 9.17) is 0 Å². The summed E-state index contributed by atoms with van der Waals surface area (Å²) in [5, 5.41) is 2.91. The van der Waals surface area contributed by atoms with Gasteiger partial charge in [0.2, 0.25) is 0 Å². The number of hydrogen-bond acceptors (Lipinski definition) is 1. The molecule has 0 unspecified atom stereocenters. The van der Waals surface area contributed by atoms with E-state index in [9.17, 15) is 4.79 Å². The fourth-order valence-corrected chi connectivity index (χ4v) is 1.17. The monoisotopic (exact) mass is 208 g/mol. The number of carbonyl (C=O) groups excluding carboxylic acids is 1. The zero-order valence-corrected chi connectivity index (χ0v) is 8.36. The van der Waals surface area contributed by atoms with Crippen LogP contribution >= 0.6 is 0 Å². The highest BCUT2D eigenvalue weighted by Gasteiger charge is 2.23. The molecule has 0 spiro atoms. The average molecular weight is 208 g/mol. The minimum absolute atomic E-state index is 0. The van der Waals surface area contributed by atoms with Crippen molar-refractivity contribution in [3.63, 3.8) is 0 Å². The first-order valence-electron chi connectivity index (χ1n) is 4.55. The van der Waals surface area contributed by atoms with Crippen molar-refractivity contribution in [1.82, 2.24) is 5.32 Å². The highest BCUT2D eigenvalue weighted by atomic mass is 16.1. The molecular weight excluding hydrogens is 193 g/mol. The summed E-state index contributed by atoms with van der Waals surface area (Å²) in [4.78, 5) is 11.3. The van der Waals surface area contributed by atoms with Gasteiger partial charge in [0, 0.05) is 6.04 Å². The third-order valence-electron chi connectivity index (χ3n) is 2.02. The second-order valence-corrected chi connectivity index (χ2v) is 3.34. The van der Waals surface area contributed by atoms with E-state index in [1.165, 1.54) is 0 Å². The van der Waals surface area contributed by atoms with Gasteiger partial charge in [-0.15, -0.1) is 0 Å². The van der Waals surface area contributed by atoms with Crippen LogP contribution in [0.2, 0.25) is 0 Å². The number of carbonyl (C=O) groups is 1. The van der Waals surface area contributed by atoms with Crippen LogP contribution in [0.5, 0.6) is 0 Å². The molecule has 1 saturated carbocycles. The van der Waals surface area contributed by atoms with E-state index >= 15 is 0 Å². The molecule has 1 aromatic rings. The summed E-state index contributed by atoms with van der Waals surface area (Å²) in [5.74, 6) is 0.0219. The van der Waals surface area contributed by atoms with Crippen LogP contribution in [-0.2, 0) is 0 Å². The fourth-order valence-electron chi connectivity index (χ4n) is 1.17. The summed E-state index contributed by atoms with van der Waals surface area (Å²) in [6, 6.07) is 10.1. The largest absolute Gasteiger partial charge is 0.412 e. The average Bonchev–Trinajstić information content (AvgIpc) is 2.90. The Kier molecular flexibility index (Phi) is 5.66. The van der Waals surface area contributed by atoms with Crippen LogP contribution in [0.15, 0.2) is 30.3 Å². The summed E-state index contributed by atoms with van der Waals surface area (Å²) in [7, 11) is 1.64. The van der Waals surface area contributed by atoms with Crippen LogP contribution in [0.1, 0.15) is 12.8 Å². The van der Waals surface area contributed by atoms with Gasteiger partial charge in [0.05, 0.1) is 0 Å². The van der Waals surface area contributed by atoms with Crippen molar-refractivity contribution in [3.8, 4) is 0 Å². The molecule has 4 nitrogen and oxygen atoms in total. The number of rotatable bonds is 3. The van der Waals surface area contributed by atoms with Crippen molar-refractivity contribution in [3.05, 3.63) is 30.3 Å². The molecule has 1 aromatic carbocycles. The van der Waals surface area contributed by atoms with E-state index in [2.05, 4.69) is 5.32 Å². The lowest BCUT2D eigenvalue weighted by Gasteiger charge is -2.01. The molecule has 2 rings (SSSR count). The van der Waals surface area contributed by atoms with Gasteiger partial charge in [-0.05, 0) is 12.8 Å². The lowest BCUT2D eigenvalue weighted by atomic mass is 9.69. The van der Waals surface area contributed by atoms with Crippen LogP contribution in [0.25, 0.3) is 0 Å². The Hall–Kier alpha value is -1.33. The van der Waals surface area contributed by atoms with Crippen molar-refractivity contribution in [2.45, 2.75) is 18.9 Å². The van der Waals surface area contributed by atoms with E-state index in [0.29, 0.717) is 6.04 Å². The van der Waals surface area contributed by atoms with Gasteiger partial charge in [-0.3, -0.25) is 4.79 Å². The molecule has 0 aliphatic heterocycles. The van der Waals surface area contributed by atoms with Crippen LogP contribution in [-0.4, -0.2) is 30.1 Å². The maximum Gasteiger partial charge on any atom is 0.271 e. The molecule has 0 heterocycles. The van der Waals surface area contributed by atoms with Gasteiger partial charge in [-0.25, -0.2) is 0 Å². The molecule has 1 aliphatic rings. The van der Waals surface area contributed by atoms with E-state index in [1.807, 2.05) is 30.3 Å². The third-order valence-corrected chi connectivity index (χ3v) is 2.02. The first-order valence-corrected chi connectivity index (χ1v) is 4.55. The predicted octanol–water partition coefficient (Wildman–Crippen LogP) is -0.761. The SMILES string of the molecule is O.O.O=C([B]c1ccccc1)NC1CC1. The van der Waals surface area contributed by atoms with E-state index in [0.717, 1.165) is 18.3 Å². The van der Waals surface area contributed by atoms with Crippen molar-refractivity contribution >= 4 is 18.5 Å². The summed E-state index contributed by atoms with van der Waals surface area (Å²) in [5.41, 5.74) is 0.959. The van der Waals surface area contributed by atoms with Gasteiger partial charge >= 0.3 is 0 Å². The Morgan fingerprint density at radius 2 is 1.80 bits per heavy atom. The molecule has 0 atom stereocenters. The maximum atomic E-state index is 11.3. The molecule has 5 heteroatoms. The number of hydrogen-bond donors (Lipinski definition) is 1. The summed E-state index contributed by atoms with van der Waals surface area (Å²) in [6.45, 7) is 0. The molecule has 0 saturated heterocycles. The molecule has 0 aromatic heterocycles. The highest BCUT2D eigenvalue weighted by molar-refractivity contribution is 6.83. The Morgan fingerprint density at radius 3 is 2.33 bits per heavy atom. The van der Waals surface area contributed by atoms with Gasteiger partial charge in [-0.2, -0.15) is 0 Å². The topological polar surface area (TPSA) is 92.1 Å². The first kappa shape index (κ1) is 13.7. The van der Waals surface area contributed by atoms with Crippen LogP contribution in [0.4, 0.5) is 4.79 Å². The van der Waals surface area contributed by atoms with Gasteiger partial charge in [0.1, 0.15) is 0 Å². The maximum absolute atomic E-state index is 11.3. The zero-order valence-electron chi connectivity index (χ0n) is 8.36. The van der Waals surface area contributed by atoms with Crippen LogP contribution < -0.4 is 10.8 Å². The summed E-state index contributed by atoms with van der Waals surface area (Å²) < 4.78 is 0. The molecule has 1 aliphatic carbocycles. The molecular formula is C10H15BNO3. The van der Waals surface area contributed by atoms with Gasteiger partial charge in [0.15, 0.2) is 5.81 Å². The van der Waals surface area contributed by atoms with E-state index in [-0.39, 0.29) is 16.8 Å². The van der Waals surface area contributed by atoms with Crippen molar-refractivity contribution in [1.29, 1.82) is 0 Å². The quantitative estimate of drug-likeness (QED) is 0.649. The standard InChI is InChI=1S/C10H11BNO.2H2O/c13-10(12-9-6-7-9)11-8-4-2-1-3-5-8;;/h1-5,9H,6-7H2,(H,12,13);2*1H2. The van der Waals surface area contributed by atoms with Crippen molar-refractivity contribution in [2.24, 2.45) is 0 Å². The molecule has 0 bridgehead atoms. The number of amides is 1. The molecule has 1 amide bonds. The second-order valence-electron chi connectivity index (χ2n) is 3.34. The smallest absolute Gasteiger partial charge is 0.271 e. The lowest BCUT2D eigenvalue weighted by Crippen LogP contribution is -2.35. The zero-order chi connectivity index (χ0) is 9.10. The van der Waals surface area contributed by atoms with E-state index < -0.39 is 0 Å². The normalized spacial score (nSPS) is 13.1. The second kappa shape index (κ2) is 6.21. The lowest BCUT2D eigenvalue weighted by molar-refractivity contribution is 0.259. The van der Waals surface area contributed by atoms with Gasteiger partial charge in [-0.1, -0.05) is 35.8 Å². The molecule has 81 valence electrons. The molecule has 1 radical (unpaired) electrons. The first-order chi connectivity index (χ1) is 6.34. The van der Waals surface area contributed by atoms with E-state index in [1.54, 1.807) is 7.28 Å². The summed E-state index contributed by atoms with van der Waals surface area (Å²) in [6.07, 6.45) is 2.27. The molecule has 15 heavy (non-hydrogen) atoms. The Morgan fingerprint density at radius 1 is 1.20 bits per heavy atom. The number of benzene rings is 1.